The van der Waals surface area contributed by atoms with Gasteiger partial charge in [0.15, 0.2) is 0 Å². The van der Waals surface area contributed by atoms with E-state index in [1.165, 1.54) is 0 Å². The van der Waals surface area contributed by atoms with Crippen molar-refractivity contribution in [3.8, 4) is 0 Å². The molecule has 0 unspecified atom stereocenters. The predicted octanol–water partition coefficient (Wildman–Crippen LogP) is -0.394. The minimum absolute atomic E-state index is 0. The second kappa shape index (κ2) is 4.54. The van der Waals surface area contributed by atoms with Crippen LogP contribution in [0.4, 0.5) is 0 Å². The van der Waals surface area contributed by atoms with Gasteiger partial charge in [-0.05, 0) is 19.4 Å². The molecule has 1 rings (SSSR count). The van der Waals surface area contributed by atoms with E-state index in [0.717, 1.165) is 6.42 Å². The first kappa shape index (κ1) is 10.7. The highest BCUT2D eigenvalue weighted by molar-refractivity contribution is 5.85. The molecule has 0 aliphatic carbocycles. The van der Waals surface area contributed by atoms with E-state index in [9.17, 15) is 4.79 Å². The van der Waals surface area contributed by atoms with Gasteiger partial charge < -0.3 is 15.5 Å². The van der Waals surface area contributed by atoms with Gasteiger partial charge in [-0.3, -0.25) is 4.79 Å². The quantitative estimate of drug-likeness (QED) is 0.515. The zero-order chi connectivity index (χ0) is 7.56. The van der Waals surface area contributed by atoms with Crippen LogP contribution < -0.4 is 5.32 Å². The number of rotatable bonds is 1. The van der Waals surface area contributed by atoms with Crippen molar-refractivity contribution in [1.29, 1.82) is 0 Å². The molecular formula is C6H12ClNO3. The molecule has 11 heavy (non-hydrogen) atoms. The van der Waals surface area contributed by atoms with Crippen molar-refractivity contribution in [2.24, 2.45) is 0 Å². The van der Waals surface area contributed by atoms with Crippen molar-refractivity contribution >= 4 is 18.4 Å². The van der Waals surface area contributed by atoms with Gasteiger partial charge in [-0.1, -0.05) is 0 Å². The fourth-order valence-electron chi connectivity index (χ4n) is 1.12. The van der Waals surface area contributed by atoms with E-state index in [0.29, 0.717) is 13.0 Å². The molecule has 0 aromatic heterocycles. The predicted molar refractivity (Wildman–Crippen MR) is 41.9 cm³/mol. The molecule has 0 radical (unpaired) electrons. The molecule has 0 amide bonds. The molecule has 4 nitrogen and oxygen atoms in total. The maximum absolute atomic E-state index is 10.3. The second-order valence-corrected chi connectivity index (χ2v) is 2.48. The standard InChI is InChI=1S/C6H11NO3.ClH/c8-4-2-1-3-7-5(4)6(9)10;/h4-5,7-8H,1-3H2,(H,9,10);1H/t4-,5+;/m1./s1. The van der Waals surface area contributed by atoms with Crippen LogP contribution in [0, 0.1) is 0 Å². The summed E-state index contributed by atoms with van der Waals surface area (Å²) >= 11 is 0. The molecule has 2 atom stereocenters. The first-order valence-corrected chi connectivity index (χ1v) is 3.36. The lowest BCUT2D eigenvalue weighted by molar-refractivity contribution is -0.143. The Kier molecular flexibility index (Phi) is 4.40. The minimum atomic E-state index is -0.966. The number of carboxylic acids is 1. The normalized spacial score (nSPS) is 30.6. The summed E-state index contributed by atoms with van der Waals surface area (Å²) < 4.78 is 0. The summed E-state index contributed by atoms with van der Waals surface area (Å²) in [4.78, 5) is 10.3. The van der Waals surface area contributed by atoms with Crippen LogP contribution in [0.2, 0.25) is 0 Å². The Morgan fingerprint density at radius 2 is 2.18 bits per heavy atom. The van der Waals surface area contributed by atoms with Crippen molar-refractivity contribution < 1.29 is 15.0 Å². The average molecular weight is 182 g/mol. The Bertz CT molecular complexity index is 142. The topological polar surface area (TPSA) is 69.6 Å². The highest BCUT2D eigenvalue weighted by Gasteiger charge is 2.28. The van der Waals surface area contributed by atoms with Crippen LogP contribution in [0.1, 0.15) is 12.8 Å². The van der Waals surface area contributed by atoms with Crippen molar-refractivity contribution in [2.75, 3.05) is 6.54 Å². The Balaban J connectivity index is 0.000001000. The number of piperidine rings is 1. The minimum Gasteiger partial charge on any atom is -0.480 e. The molecule has 0 aromatic rings. The molecule has 0 bridgehead atoms. The molecule has 66 valence electrons. The SMILES string of the molecule is Cl.O=C(O)[C@H]1NCCC[C@H]1O. The van der Waals surface area contributed by atoms with Crippen molar-refractivity contribution in [3.05, 3.63) is 0 Å². The lowest BCUT2D eigenvalue weighted by Gasteiger charge is -2.24. The van der Waals surface area contributed by atoms with Gasteiger partial charge >= 0.3 is 5.97 Å². The van der Waals surface area contributed by atoms with Crippen LogP contribution >= 0.6 is 12.4 Å². The van der Waals surface area contributed by atoms with Gasteiger partial charge in [0.05, 0.1) is 6.10 Å². The van der Waals surface area contributed by atoms with Crippen LogP contribution in [-0.2, 0) is 4.79 Å². The highest BCUT2D eigenvalue weighted by Crippen LogP contribution is 2.07. The zero-order valence-corrected chi connectivity index (χ0v) is 6.80. The van der Waals surface area contributed by atoms with E-state index in [1.54, 1.807) is 0 Å². The fourth-order valence-corrected chi connectivity index (χ4v) is 1.12. The Morgan fingerprint density at radius 3 is 2.55 bits per heavy atom. The number of nitrogens with one attached hydrogen (secondary N) is 1. The summed E-state index contributed by atoms with van der Waals surface area (Å²) in [5, 5.41) is 20.3. The third kappa shape index (κ3) is 2.65. The number of hydrogen-bond acceptors (Lipinski definition) is 3. The smallest absolute Gasteiger partial charge is 0.323 e. The van der Waals surface area contributed by atoms with E-state index in [4.69, 9.17) is 10.2 Å². The lowest BCUT2D eigenvalue weighted by Crippen LogP contribution is -2.49. The molecular weight excluding hydrogens is 170 g/mol. The number of aliphatic hydroxyl groups is 1. The van der Waals surface area contributed by atoms with E-state index < -0.39 is 18.1 Å². The molecule has 1 saturated heterocycles. The number of halogens is 1. The third-order valence-electron chi connectivity index (χ3n) is 1.69. The zero-order valence-electron chi connectivity index (χ0n) is 5.99. The summed E-state index contributed by atoms with van der Waals surface area (Å²) in [6, 6.07) is -0.756. The largest absolute Gasteiger partial charge is 0.480 e. The van der Waals surface area contributed by atoms with Gasteiger partial charge in [0.25, 0.3) is 0 Å². The molecule has 3 N–H and O–H groups in total. The van der Waals surface area contributed by atoms with Crippen LogP contribution in [0.15, 0.2) is 0 Å². The average Bonchev–Trinajstić information content (AvgIpc) is 1.88. The number of hydrogen-bond donors (Lipinski definition) is 3. The Hall–Kier alpha value is -0.320. The molecule has 1 aliphatic heterocycles. The fraction of sp³-hybridized carbons (Fsp3) is 0.833. The van der Waals surface area contributed by atoms with Gasteiger partial charge in [0.1, 0.15) is 6.04 Å². The molecule has 5 heteroatoms. The monoisotopic (exact) mass is 181 g/mol. The highest BCUT2D eigenvalue weighted by atomic mass is 35.5. The summed E-state index contributed by atoms with van der Waals surface area (Å²) in [7, 11) is 0. The van der Waals surface area contributed by atoms with E-state index in [-0.39, 0.29) is 12.4 Å². The number of aliphatic carboxylic acids is 1. The third-order valence-corrected chi connectivity index (χ3v) is 1.69. The number of carboxylic acid groups (broad SMARTS) is 1. The molecule has 0 saturated carbocycles. The Morgan fingerprint density at radius 1 is 1.55 bits per heavy atom. The Labute approximate surface area is 71.0 Å². The van der Waals surface area contributed by atoms with Crippen molar-refractivity contribution in [1.82, 2.24) is 5.32 Å². The number of aliphatic hydroxyl groups excluding tert-OH is 1. The summed E-state index contributed by atoms with van der Waals surface area (Å²) in [5.41, 5.74) is 0. The van der Waals surface area contributed by atoms with Gasteiger partial charge in [0.2, 0.25) is 0 Å². The summed E-state index contributed by atoms with van der Waals surface area (Å²) in [6.45, 7) is 0.689. The molecule has 0 aromatic carbocycles. The van der Waals surface area contributed by atoms with Gasteiger partial charge in [-0.2, -0.15) is 0 Å². The van der Waals surface area contributed by atoms with Crippen LogP contribution in [-0.4, -0.2) is 34.9 Å². The maximum atomic E-state index is 10.3. The molecule has 1 heterocycles. The molecule has 1 fully saturated rings. The first-order valence-electron chi connectivity index (χ1n) is 3.36. The molecule has 0 spiro atoms. The van der Waals surface area contributed by atoms with Crippen molar-refractivity contribution in [3.63, 3.8) is 0 Å². The molecule has 1 aliphatic rings. The van der Waals surface area contributed by atoms with Gasteiger partial charge in [-0.15, -0.1) is 12.4 Å². The second-order valence-electron chi connectivity index (χ2n) is 2.48. The van der Waals surface area contributed by atoms with Crippen LogP contribution in [0.25, 0.3) is 0 Å². The van der Waals surface area contributed by atoms with E-state index in [1.807, 2.05) is 0 Å². The van der Waals surface area contributed by atoms with E-state index >= 15 is 0 Å². The van der Waals surface area contributed by atoms with E-state index in [2.05, 4.69) is 5.32 Å². The van der Waals surface area contributed by atoms with Crippen LogP contribution in [0.3, 0.4) is 0 Å². The lowest BCUT2D eigenvalue weighted by atomic mass is 10.0. The summed E-state index contributed by atoms with van der Waals surface area (Å²) in [5.74, 6) is -0.966. The van der Waals surface area contributed by atoms with Crippen LogP contribution in [0.5, 0.6) is 0 Å². The maximum Gasteiger partial charge on any atom is 0.323 e. The summed E-state index contributed by atoms with van der Waals surface area (Å²) in [6.07, 6.45) is 0.723. The number of carbonyl (C=O) groups is 1. The van der Waals surface area contributed by atoms with Gasteiger partial charge in [-0.25, -0.2) is 0 Å². The van der Waals surface area contributed by atoms with Crippen molar-refractivity contribution in [2.45, 2.75) is 25.0 Å². The first-order chi connectivity index (χ1) is 4.72. The van der Waals surface area contributed by atoms with Gasteiger partial charge in [0, 0.05) is 0 Å².